The van der Waals surface area contributed by atoms with Crippen LogP contribution in [0.15, 0.2) is 66.7 Å². The third kappa shape index (κ3) is 4.77. The van der Waals surface area contributed by atoms with Crippen molar-refractivity contribution in [3.63, 3.8) is 0 Å². The molecule has 0 fully saturated rings. The number of benzene rings is 3. The quantitative estimate of drug-likeness (QED) is 0.278. The highest BCUT2D eigenvalue weighted by molar-refractivity contribution is 6.01. The Morgan fingerprint density at radius 2 is 1.81 bits per heavy atom. The standard InChI is InChI=1S/C30H25F4N3O5/c1-28(27(35)39)15-42-25-21(28)13-23(37-24(25)16-7-9-19(31)10-8-16)29(40,30(32,33)34)14-36-26(38)18-11-17-5-3-4-6-20(17)22(12-18)41-2/h3-13,40H,14-15H2,1-2H3,(H2,35,39)(H,36,38)/t28-,29-/m0/s1. The van der Waals surface area contributed by atoms with Gasteiger partial charge >= 0.3 is 6.18 Å². The second kappa shape index (κ2) is 10.3. The van der Waals surface area contributed by atoms with E-state index in [1.807, 2.05) is 0 Å². The van der Waals surface area contributed by atoms with E-state index in [-0.39, 0.29) is 34.7 Å². The Morgan fingerprint density at radius 3 is 2.45 bits per heavy atom. The number of ether oxygens (including phenoxy) is 2. The number of rotatable bonds is 7. The summed E-state index contributed by atoms with van der Waals surface area (Å²) in [5, 5.41) is 14.7. The molecule has 5 rings (SSSR count). The number of carbonyl (C=O) groups is 2. The molecule has 2 atom stereocenters. The molecule has 2 amide bonds. The van der Waals surface area contributed by atoms with Gasteiger partial charge in [-0.15, -0.1) is 0 Å². The summed E-state index contributed by atoms with van der Waals surface area (Å²) in [4.78, 5) is 29.5. The Hall–Kier alpha value is -4.71. The molecule has 0 saturated carbocycles. The molecule has 1 aromatic heterocycles. The molecule has 218 valence electrons. The minimum Gasteiger partial charge on any atom is -0.496 e. The van der Waals surface area contributed by atoms with Crippen LogP contribution in [0.4, 0.5) is 17.6 Å². The lowest BCUT2D eigenvalue weighted by atomic mass is 9.81. The highest BCUT2D eigenvalue weighted by Gasteiger charge is 2.57. The number of nitrogens with zero attached hydrogens (tertiary/aromatic N) is 1. The second-order valence-electron chi connectivity index (χ2n) is 10.2. The van der Waals surface area contributed by atoms with Gasteiger partial charge in [0.1, 0.15) is 35.0 Å². The second-order valence-corrected chi connectivity index (χ2v) is 10.2. The number of nitrogens with one attached hydrogen (secondary N) is 1. The summed E-state index contributed by atoms with van der Waals surface area (Å²) in [5.74, 6) is -2.08. The molecule has 4 aromatic rings. The molecule has 12 heteroatoms. The van der Waals surface area contributed by atoms with E-state index in [0.717, 1.165) is 18.2 Å². The van der Waals surface area contributed by atoms with E-state index in [2.05, 4.69) is 10.3 Å². The molecule has 42 heavy (non-hydrogen) atoms. The van der Waals surface area contributed by atoms with Crippen LogP contribution in [0.25, 0.3) is 22.0 Å². The summed E-state index contributed by atoms with van der Waals surface area (Å²) >= 11 is 0. The molecule has 1 aliphatic rings. The molecule has 8 nitrogen and oxygen atoms in total. The van der Waals surface area contributed by atoms with Crippen LogP contribution in [0.3, 0.4) is 0 Å². The smallest absolute Gasteiger partial charge is 0.424 e. The lowest BCUT2D eigenvalue weighted by Crippen LogP contribution is -2.51. The number of carbonyl (C=O) groups excluding carboxylic acids is 2. The van der Waals surface area contributed by atoms with Crippen molar-refractivity contribution < 1.29 is 41.7 Å². The largest absolute Gasteiger partial charge is 0.496 e. The number of nitrogens with two attached hydrogens (primary N) is 1. The molecule has 2 heterocycles. The number of aromatic nitrogens is 1. The molecule has 0 radical (unpaired) electrons. The van der Waals surface area contributed by atoms with Crippen LogP contribution < -0.4 is 20.5 Å². The van der Waals surface area contributed by atoms with Crippen molar-refractivity contribution >= 4 is 22.6 Å². The van der Waals surface area contributed by atoms with Crippen molar-refractivity contribution in [2.24, 2.45) is 5.73 Å². The highest BCUT2D eigenvalue weighted by Crippen LogP contribution is 2.47. The van der Waals surface area contributed by atoms with Gasteiger partial charge in [-0.1, -0.05) is 24.3 Å². The van der Waals surface area contributed by atoms with E-state index < -0.39 is 47.1 Å². The van der Waals surface area contributed by atoms with Crippen molar-refractivity contribution in [3.05, 3.63) is 89.4 Å². The van der Waals surface area contributed by atoms with Crippen molar-refractivity contribution in [1.82, 2.24) is 10.3 Å². The van der Waals surface area contributed by atoms with E-state index in [9.17, 15) is 32.3 Å². The molecule has 1 aliphatic heterocycles. The van der Waals surface area contributed by atoms with Crippen LogP contribution >= 0.6 is 0 Å². The predicted molar refractivity (Wildman–Crippen MR) is 144 cm³/mol. The van der Waals surface area contributed by atoms with E-state index in [4.69, 9.17) is 15.2 Å². The first-order chi connectivity index (χ1) is 19.8. The number of aliphatic hydroxyl groups is 1. The number of methoxy groups -OCH3 is 1. The average Bonchev–Trinajstić information content (AvgIpc) is 3.32. The summed E-state index contributed by atoms with van der Waals surface area (Å²) in [6.45, 7) is -0.226. The zero-order valence-electron chi connectivity index (χ0n) is 22.4. The molecule has 0 aliphatic carbocycles. The summed E-state index contributed by atoms with van der Waals surface area (Å²) in [7, 11) is 1.40. The molecule has 0 saturated heterocycles. The van der Waals surface area contributed by atoms with Crippen LogP contribution in [0.5, 0.6) is 11.5 Å². The Balaban J connectivity index is 1.59. The van der Waals surface area contributed by atoms with Gasteiger partial charge in [-0.2, -0.15) is 13.2 Å². The minimum atomic E-state index is -5.34. The fraction of sp³-hybridized carbons (Fsp3) is 0.233. The normalized spacial score (nSPS) is 17.7. The Bertz CT molecular complexity index is 1710. The highest BCUT2D eigenvalue weighted by atomic mass is 19.4. The molecular formula is C30H25F4N3O5. The van der Waals surface area contributed by atoms with E-state index >= 15 is 0 Å². The fourth-order valence-electron chi connectivity index (χ4n) is 4.82. The number of fused-ring (bicyclic) bond motifs is 2. The molecule has 0 spiro atoms. The van der Waals surface area contributed by atoms with Gasteiger partial charge in [0, 0.05) is 22.1 Å². The maximum Gasteiger partial charge on any atom is 0.424 e. The molecular weight excluding hydrogens is 558 g/mol. The lowest BCUT2D eigenvalue weighted by molar-refractivity contribution is -0.265. The lowest BCUT2D eigenvalue weighted by Gasteiger charge is -2.31. The van der Waals surface area contributed by atoms with Gasteiger partial charge in [0.05, 0.1) is 19.3 Å². The zero-order chi connectivity index (χ0) is 30.4. The number of hydrogen-bond acceptors (Lipinski definition) is 6. The molecule has 4 N–H and O–H groups in total. The zero-order valence-corrected chi connectivity index (χ0v) is 22.4. The maximum atomic E-state index is 14.6. The molecule has 0 bridgehead atoms. The van der Waals surface area contributed by atoms with Crippen molar-refractivity contribution in [1.29, 1.82) is 0 Å². The van der Waals surface area contributed by atoms with Crippen LogP contribution in [-0.2, 0) is 15.8 Å². The fourth-order valence-corrected chi connectivity index (χ4v) is 4.82. The molecule has 0 unspecified atom stereocenters. The first-order valence-corrected chi connectivity index (χ1v) is 12.7. The predicted octanol–water partition coefficient (Wildman–Crippen LogP) is 4.36. The Kier molecular flexibility index (Phi) is 7.05. The Morgan fingerprint density at radius 1 is 1.12 bits per heavy atom. The van der Waals surface area contributed by atoms with Gasteiger partial charge in [-0.25, -0.2) is 9.37 Å². The third-order valence-electron chi connectivity index (χ3n) is 7.44. The van der Waals surface area contributed by atoms with Gasteiger partial charge in [-0.3, -0.25) is 9.59 Å². The molecule has 3 aromatic carbocycles. The van der Waals surface area contributed by atoms with Crippen molar-refractivity contribution in [3.8, 4) is 22.8 Å². The number of amides is 2. The van der Waals surface area contributed by atoms with Gasteiger partial charge in [0.25, 0.3) is 5.91 Å². The van der Waals surface area contributed by atoms with Gasteiger partial charge in [0.2, 0.25) is 11.5 Å². The SMILES string of the molecule is COc1cc(C(=O)NC[C@](O)(c2cc3c(c(-c4ccc(F)cc4)n2)OC[C@]3(C)C(N)=O)C(F)(F)F)cc2ccccc12. The summed E-state index contributed by atoms with van der Waals surface area (Å²) < 4.78 is 68.5. The van der Waals surface area contributed by atoms with E-state index in [1.165, 1.54) is 38.3 Å². The van der Waals surface area contributed by atoms with Crippen molar-refractivity contribution in [2.45, 2.75) is 24.1 Å². The topological polar surface area (TPSA) is 124 Å². The average molecular weight is 584 g/mol. The van der Waals surface area contributed by atoms with Crippen LogP contribution in [0.1, 0.15) is 28.5 Å². The van der Waals surface area contributed by atoms with E-state index in [1.54, 1.807) is 24.3 Å². The monoisotopic (exact) mass is 583 g/mol. The number of hydrogen-bond donors (Lipinski definition) is 3. The number of alkyl halides is 3. The third-order valence-corrected chi connectivity index (χ3v) is 7.44. The van der Waals surface area contributed by atoms with Gasteiger partial charge < -0.3 is 25.6 Å². The Labute approximate surface area is 237 Å². The summed E-state index contributed by atoms with van der Waals surface area (Å²) in [5.41, 5.74) is -0.634. The first-order valence-electron chi connectivity index (χ1n) is 12.7. The number of halogens is 4. The van der Waals surface area contributed by atoms with Gasteiger partial charge in [0.15, 0.2) is 0 Å². The summed E-state index contributed by atoms with van der Waals surface area (Å²) in [6, 6.07) is 15.4. The minimum absolute atomic E-state index is 0.00121. The number of primary amides is 1. The van der Waals surface area contributed by atoms with Crippen LogP contribution in [0, 0.1) is 5.82 Å². The van der Waals surface area contributed by atoms with Crippen LogP contribution in [0.2, 0.25) is 0 Å². The van der Waals surface area contributed by atoms with Crippen LogP contribution in [-0.4, -0.2) is 48.3 Å². The number of pyridine rings is 1. The van der Waals surface area contributed by atoms with E-state index in [0.29, 0.717) is 16.5 Å². The summed E-state index contributed by atoms with van der Waals surface area (Å²) in [6.07, 6.45) is -5.34. The first kappa shape index (κ1) is 28.8. The van der Waals surface area contributed by atoms with Crippen molar-refractivity contribution in [2.75, 3.05) is 20.3 Å². The van der Waals surface area contributed by atoms with Gasteiger partial charge in [-0.05, 0) is 54.8 Å². The maximum absolute atomic E-state index is 14.6.